The van der Waals surface area contributed by atoms with Crippen LogP contribution < -0.4 is 21.3 Å². The highest BCUT2D eigenvalue weighted by molar-refractivity contribution is 5.91. The van der Waals surface area contributed by atoms with Gasteiger partial charge in [-0.3, -0.25) is 29.0 Å². The Morgan fingerprint density at radius 2 is 1.08 bits per heavy atom. The lowest BCUT2D eigenvalue weighted by molar-refractivity contribution is -0.144. The van der Waals surface area contributed by atoms with E-state index >= 15 is 0 Å². The molecule has 0 spiro atoms. The first-order valence-corrected chi connectivity index (χ1v) is 23.0. The molecule has 2 aromatic carbocycles. The quantitative estimate of drug-likeness (QED) is 0.241. The maximum absolute atomic E-state index is 14.7. The van der Waals surface area contributed by atoms with Crippen LogP contribution in [0.1, 0.15) is 44.2 Å². The van der Waals surface area contributed by atoms with E-state index in [-0.39, 0.29) is 79.4 Å². The van der Waals surface area contributed by atoms with E-state index in [2.05, 4.69) is 79.6 Å². The number of carbonyl (C=O) groups excluding carboxylic acids is 4. The zero-order valence-corrected chi connectivity index (χ0v) is 37.2. The Morgan fingerprint density at radius 1 is 0.629 bits per heavy atom. The predicted molar refractivity (Wildman–Crippen MR) is 236 cm³/mol. The van der Waals surface area contributed by atoms with Crippen molar-refractivity contribution in [2.45, 2.75) is 94.4 Å². The number of ether oxygens (including phenoxy) is 3. The Hall–Kier alpha value is -3.96. The van der Waals surface area contributed by atoms with Crippen molar-refractivity contribution in [1.29, 1.82) is 0 Å². The van der Waals surface area contributed by atoms with Gasteiger partial charge in [-0.25, -0.2) is 0 Å². The van der Waals surface area contributed by atoms with E-state index < -0.39 is 24.2 Å². The van der Waals surface area contributed by atoms with Crippen LogP contribution in [0, 0.1) is 11.8 Å². The van der Waals surface area contributed by atoms with Crippen molar-refractivity contribution in [1.82, 2.24) is 40.9 Å². The maximum atomic E-state index is 14.7. The van der Waals surface area contributed by atoms with Crippen LogP contribution in [0.15, 0.2) is 60.7 Å². The third-order valence-electron chi connectivity index (χ3n) is 14.1. The van der Waals surface area contributed by atoms with E-state index in [9.17, 15) is 19.2 Å². The minimum atomic E-state index is -0.941. The van der Waals surface area contributed by atoms with Crippen LogP contribution in [0.3, 0.4) is 0 Å². The van der Waals surface area contributed by atoms with Crippen molar-refractivity contribution in [3.05, 3.63) is 71.8 Å². The number of likely N-dealkylation sites (N-methyl/N-ethyl adjacent to an activating group) is 2. The molecule has 5 heterocycles. The molecule has 2 aromatic rings. The lowest BCUT2D eigenvalue weighted by Gasteiger charge is -2.44. The molecule has 2 unspecified atom stereocenters. The second-order valence-corrected chi connectivity index (χ2v) is 17.9. The van der Waals surface area contributed by atoms with Gasteiger partial charge in [0.15, 0.2) is 0 Å². The number of benzene rings is 2. The largest absolute Gasteiger partial charge is 0.379 e. The molecule has 15 nitrogen and oxygen atoms in total. The van der Waals surface area contributed by atoms with Crippen molar-refractivity contribution in [2.24, 2.45) is 11.8 Å². The van der Waals surface area contributed by atoms with Crippen LogP contribution >= 0.6 is 0 Å². The van der Waals surface area contributed by atoms with E-state index in [0.29, 0.717) is 32.8 Å². The molecule has 4 N–H and O–H groups in total. The topological polar surface area (TPSA) is 157 Å². The highest BCUT2D eigenvalue weighted by Gasteiger charge is 2.49. The first kappa shape index (κ1) is 46.0. The summed E-state index contributed by atoms with van der Waals surface area (Å²) in [6, 6.07) is 17.9. The molecule has 0 radical (unpaired) electrons. The Labute approximate surface area is 367 Å². The molecule has 7 rings (SSSR count). The fraction of sp³-hybridized carbons (Fsp3) is 0.660. The zero-order valence-electron chi connectivity index (χ0n) is 37.2. The molecule has 5 fully saturated rings. The van der Waals surface area contributed by atoms with Gasteiger partial charge in [0.2, 0.25) is 23.6 Å². The third kappa shape index (κ3) is 11.4. The first-order valence-electron chi connectivity index (χ1n) is 23.0. The summed E-state index contributed by atoms with van der Waals surface area (Å²) in [6.07, 6.45) is 3.41. The number of carbonyl (C=O) groups is 4. The second-order valence-electron chi connectivity index (χ2n) is 17.9. The standard InChI is InChI=1S/C47H70N8O7/c1-32(48-3)44(56)50-38-19-24-60-31-39(51-45(57)33(2)49-4)47(59)55-23-18-37-41(55)28-53(21-16-35-13-9-6-10-14-35)30-43(37)62-26-25-61-42-29-52(20-15-34-11-7-5-8-12-34)27-40-36(42)17-22-54(40)46(38)58/h5-14,32-33,36-43,48-49H,15-31H2,1-4H3,(H,50,56)(H,51,57)/t32-,33-,36+,37+,38-,39-,40+,41+,42?,43?/m0/s1. The summed E-state index contributed by atoms with van der Waals surface area (Å²) < 4.78 is 19.8. The highest BCUT2D eigenvalue weighted by Crippen LogP contribution is 2.36. The Morgan fingerprint density at radius 3 is 1.55 bits per heavy atom. The van der Waals surface area contributed by atoms with Gasteiger partial charge < -0.3 is 45.3 Å². The van der Waals surface area contributed by atoms with Gasteiger partial charge >= 0.3 is 0 Å². The fourth-order valence-electron chi connectivity index (χ4n) is 10.2. The smallest absolute Gasteiger partial charge is 0.247 e. The van der Waals surface area contributed by atoms with Gasteiger partial charge in [0.05, 0.1) is 44.1 Å². The van der Waals surface area contributed by atoms with Gasteiger partial charge in [0.25, 0.3) is 0 Å². The molecular formula is C47H70N8O7. The van der Waals surface area contributed by atoms with Crippen LogP contribution in [0.4, 0.5) is 0 Å². The Kier molecular flexibility index (Phi) is 16.4. The van der Waals surface area contributed by atoms with Gasteiger partial charge in [0.1, 0.15) is 12.1 Å². The normalized spacial score (nSPS) is 30.1. The van der Waals surface area contributed by atoms with E-state index in [1.54, 1.807) is 27.9 Å². The molecule has 0 aromatic heterocycles. The zero-order chi connectivity index (χ0) is 43.6. The maximum Gasteiger partial charge on any atom is 0.247 e. The van der Waals surface area contributed by atoms with Gasteiger partial charge in [0, 0.05) is 82.9 Å². The molecule has 5 aliphatic rings. The third-order valence-corrected chi connectivity index (χ3v) is 14.1. The average Bonchev–Trinajstić information content (AvgIpc) is 3.94. The molecule has 340 valence electrons. The van der Waals surface area contributed by atoms with E-state index in [1.165, 1.54) is 11.1 Å². The van der Waals surface area contributed by atoms with Crippen molar-refractivity contribution in [3.63, 3.8) is 0 Å². The number of amides is 4. The Bertz CT molecular complexity index is 1650. The number of hydrogen-bond donors (Lipinski definition) is 4. The number of nitrogens with zero attached hydrogens (tertiary/aromatic N) is 4. The number of piperidine rings is 2. The molecule has 0 saturated carbocycles. The number of likely N-dealkylation sites (tertiary alicyclic amines) is 2. The SMILES string of the molecule is CN[C@@H](C)C(=O)N[C@H]1CCOC[C@H](NC(=O)[C@H](C)NC)C(=O)N2CC[C@H]3C(CN(CCc4ccccc4)C[C@H]32)OCCOC2CN(CCc3ccccc3)C[C@@H]3[C@H]2CCN3C1=O. The Balaban J connectivity index is 1.15. The average molecular weight is 859 g/mol. The first-order chi connectivity index (χ1) is 30.1. The van der Waals surface area contributed by atoms with Gasteiger partial charge in [-0.05, 0) is 71.2 Å². The summed E-state index contributed by atoms with van der Waals surface area (Å²) in [5.41, 5.74) is 2.53. The fourth-order valence-corrected chi connectivity index (χ4v) is 10.2. The number of hydrogen-bond acceptors (Lipinski definition) is 11. The molecule has 5 aliphatic heterocycles. The second kappa shape index (κ2) is 22.1. The molecule has 10 atom stereocenters. The van der Waals surface area contributed by atoms with Crippen molar-refractivity contribution < 1.29 is 33.4 Å². The molecule has 62 heavy (non-hydrogen) atoms. The minimum Gasteiger partial charge on any atom is -0.379 e. The van der Waals surface area contributed by atoms with E-state index in [1.807, 2.05) is 21.9 Å². The van der Waals surface area contributed by atoms with Crippen LogP contribution in [-0.2, 0) is 46.2 Å². The lowest BCUT2D eigenvalue weighted by atomic mass is 9.88. The van der Waals surface area contributed by atoms with Crippen molar-refractivity contribution in [3.8, 4) is 0 Å². The summed E-state index contributed by atoms with van der Waals surface area (Å²) in [6.45, 7) is 10.1. The van der Waals surface area contributed by atoms with Crippen LogP contribution in [0.25, 0.3) is 0 Å². The van der Waals surface area contributed by atoms with Crippen molar-refractivity contribution >= 4 is 23.6 Å². The van der Waals surface area contributed by atoms with Gasteiger partial charge in [-0.15, -0.1) is 0 Å². The molecule has 5 saturated heterocycles. The summed E-state index contributed by atoms with van der Waals surface area (Å²) in [5, 5.41) is 12.0. The van der Waals surface area contributed by atoms with E-state index in [0.717, 1.165) is 58.4 Å². The highest BCUT2D eigenvalue weighted by atomic mass is 16.5. The number of nitrogens with one attached hydrogen (secondary N) is 4. The molecule has 15 heteroatoms. The predicted octanol–water partition coefficient (Wildman–Crippen LogP) is 0.913. The van der Waals surface area contributed by atoms with Gasteiger partial charge in [-0.2, -0.15) is 0 Å². The van der Waals surface area contributed by atoms with Crippen LogP contribution in [0.5, 0.6) is 0 Å². The summed E-state index contributed by atoms with van der Waals surface area (Å²) in [5.74, 6) is -0.630. The summed E-state index contributed by atoms with van der Waals surface area (Å²) in [7, 11) is 3.42. The molecule has 0 aliphatic carbocycles. The molecular weight excluding hydrogens is 789 g/mol. The van der Waals surface area contributed by atoms with E-state index in [4.69, 9.17) is 14.2 Å². The lowest BCUT2D eigenvalue weighted by Crippen LogP contribution is -2.60. The molecule has 4 amide bonds. The minimum absolute atomic E-state index is 0.0713. The number of rotatable bonds is 12. The van der Waals surface area contributed by atoms with Crippen LogP contribution in [0.2, 0.25) is 0 Å². The molecule has 8 bridgehead atoms. The summed E-state index contributed by atoms with van der Waals surface area (Å²) in [4.78, 5) is 64.7. The van der Waals surface area contributed by atoms with Gasteiger partial charge in [-0.1, -0.05) is 60.7 Å². The monoisotopic (exact) mass is 859 g/mol. The summed E-state index contributed by atoms with van der Waals surface area (Å²) >= 11 is 0. The van der Waals surface area contributed by atoms with Crippen molar-refractivity contribution in [2.75, 3.05) is 92.9 Å². The van der Waals surface area contributed by atoms with Crippen LogP contribution in [-0.4, -0.2) is 185 Å².